The monoisotopic (exact) mass is 383 g/mol. The molecule has 140 valence electrons. The highest BCUT2D eigenvalue weighted by Gasteiger charge is 2.21. The molecule has 2 aromatic carbocycles. The lowest BCUT2D eigenvalue weighted by Gasteiger charge is -2.23. The van der Waals surface area contributed by atoms with Crippen molar-refractivity contribution in [2.75, 3.05) is 6.26 Å². The van der Waals surface area contributed by atoms with Gasteiger partial charge < -0.3 is 9.32 Å². The molecule has 5 nitrogen and oxygen atoms in total. The summed E-state index contributed by atoms with van der Waals surface area (Å²) in [4.78, 5) is 15.1. The van der Waals surface area contributed by atoms with Crippen molar-refractivity contribution in [1.82, 2.24) is 4.90 Å². The molecule has 0 saturated heterocycles. The van der Waals surface area contributed by atoms with E-state index in [4.69, 9.17) is 4.42 Å². The molecule has 0 spiro atoms. The van der Waals surface area contributed by atoms with Crippen LogP contribution in [-0.2, 0) is 22.9 Å². The number of furan rings is 1. The lowest BCUT2D eigenvalue weighted by molar-refractivity contribution is 0.0716. The highest BCUT2D eigenvalue weighted by atomic mass is 32.2. The van der Waals surface area contributed by atoms with Crippen molar-refractivity contribution in [3.63, 3.8) is 0 Å². The number of hydrogen-bond donors (Lipinski definition) is 0. The molecule has 0 aliphatic rings. The zero-order valence-corrected chi connectivity index (χ0v) is 16.1. The molecule has 1 heterocycles. The molecule has 0 saturated carbocycles. The Morgan fingerprint density at radius 3 is 2.37 bits per heavy atom. The van der Waals surface area contributed by atoms with E-state index in [0.717, 1.165) is 17.4 Å². The molecule has 3 aromatic rings. The number of nitrogens with zero attached hydrogens (tertiary/aromatic N) is 1. The van der Waals surface area contributed by atoms with Crippen LogP contribution in [0.25, 0.3) is 0 Å². The Hall–Kier alpha value is -2.86. The standard InChI is InChI=1S/C21H21NO4S/c1-16-10-11-19(27(2,24)25)13-20(16)21(23)22(15-18-9-6-12-26-18)14-17-7-4-3-5-8-17/h3-13H,14-15H2,1-2H3. The molecule has 6 heteroatoms. The predicted octanol–water partition coefficient (Wildman–Crippen LogP) is 3.83. The van der Waals surface area contributed by atoms with Crippen molar-refractivity contribution in [2.24, 2.45) is 0 Å². The summed E-state index contributed by atoms with van der Waals surface area (Å²) in [5, 5.41) is 0. The molecule has 3 rings (SSSR count). The van der Waals surface area contributed by atoms with E-state index in [1.54, 1.807) is 30.2 Å². The number of amides is 1. The highest BCUT2D eigenvalue weighted by Crippen LogP contribution is 2.20. The molecule has 0 aliphatic heterocycles. The van der Waals surface area contributed by atoms with Gasteiger partial charge in [-0.05, 0) is 42.3 Å². The number of aryl methyl sites for hydroxylation is 1. The van der Waals surface area contributed by atoms with E-state index in [1.807, 2.05) is 36.4 Å². The molecule has 1 amide bonds. The number of hydrogen-bond acceptors (Lipinski definition) is 4. The maximum Gasteiger partial charge on any atom is 0.254 e. The van der Waals surface area contributed by atoms with Gasteiger partial charge in [0.1, 0.15) is 5.76 Å². The fourth-order valence-electron chi connectivity index (χ4n) is 2.83. The molecule has 0 fully saturated rings. The van der Waals surface area contributed by atoms with Gasteiger partial charge in [0.05, 0.1) is 17.7 Å². The Kier molecular flexibility index (Phi) is 5.46. The summed E-state index contributed by atoms with van der Waals surface area (Å²) in [7, 11) is -3.40. The Morgan fingerprint density at radius 2 is 1.74 bits per heavy atom. The number of carbonyl (C=O) groups is 1. The number of sulfone groups is 1. The van der Waals surface area contributed by atoms with Crippen molar-refractivity contribution >= 4 is 15.7 Å². The smallest absolute Gasteiger partial charge is 0.254 e. The van der Waals surface area contributed by atoms with Crippen molar-refractivity contribution in [2.45, 2.75) is 24.9 Å². The summed E-state index contributed by atoms with van der Waals surface area (Å²) in [6, 6.07) is 17.9. The van der Waals surface area contributed by atoms with E-state index in [0.29, 0.717) is 24.4 Å². The van der Waals surface area contributed by atoms with Crippen LogP contribution in [0.4, 0.5) is 0 Å². The van der Waals surface area contributed by atoms with Gasteiger partial charge in [0.25, 0.3) is 5.91 Å². The van der Waals surface area contributed by atoms with Gasteiger partial charge in [-0.15, -0.1) is 0 Å². The Morgan fingerprint density at radius 1 is 1.00 bits per heavy atom. The maximum atomic E-state index is 13.3. The molecule has 27 heavy (non-hydrogen) atoms. The molecule has 0 unspecified atom stereocenters. The molecule has 0 aliphatic carbocycles. The summed E-state index contributed by atoms with van der Waals surface area (Å²) < 4.78 is 29.2. The fourth-order valence-corrected chi connectivity index (χ4v) is 3.47. The summed E-state index contributed by atoms with van der Waals surface area (Å²) >= 11 is 0. The number of carbonyl (C=O) groups excluding carboxylic acids is 1. The van der Waals surface area contributed by atoms with Crippen LogP contribution < -0.4 is 0 Å². The van der Waals surface area contributed by atoms with E-state index in [-0.39, 0.29) is 10.8 Å². The molecule has 0 atom stereocenters. The van der Waals surface area contributed by atoms with Gasteiger partial charge >= 0.3 is 0 Å². The summed E-state index contributed by atoms with van der Waals surface area (Å²) in [5.41, 5.74) is 2.08. The topological polar surface area (TPSA) is 67.6 Å². The van der Waals surface area contributed by atoms with Crippen molar-refractivity contribution in [3.05, 3.63) is 89.4 Å². The van der Waals surface area contributed by atoms with Gasteiger partial charge in [-0.25, -0.2) is 8.42 Å². The summed E-state index contributed by atoms with van der Waals surface area (Å²) in [6.45, 7) is 2.49. The van der Waals surface area contributed by atoms with Crippen molar-refractivity contribution in [3.8, 4) is 0 Å². The first-order valence-electron chi connectivity index (χ1n) is 8.51. The second kappa shape index (κ2) is 7.80. The number of rotatable bonds is 6. The lowest BCUT2D eigenvalue weighted by Crippen LogP contribution is -2.30. The van der Waals surface area contributed by atoms with E-state index in [9.17, 15) is 13.2 Å². The van der Waals surface area contributed by atoms with E-state index < -0.39 is 9.84 Å². The Balaban J connectivity index is 1.97. The Bertz CT molecular complexity index is 1030. The molecule has 0 radical (unpaired) electrons. The Labute approximate surface area is 159 Å². The minimum atomic E-state index is -3.40. The maximum absolute atomic E-state index is 13.3. The quantitative estimate of drug-likeness (QED) is 0.649. The normalized spacial score (nSPS) is 11.3. The minimum absolute atomic E-state index is 0.133. The SMILES string of the molecule is Cc1ccc(S(C)(=O)=O)cc1C(=O)N(Cc1ccccc1)Cc1ccco1. The zero-order chi connectivity index (χ0) is 19.4. The second-order valence-corrected chi connectivity index (χ2v) is 8.49. The van der Waals surface area contributed by atoms with E-state index in [2.05, 4.69) is 0 Å². The second-order valence-electron chi connectivity index (χ2n) is 6.48. The molecule has 1 aromatic heterocycles. The summed E-state index contributed by atoms with van der Waals surface area (Å²) in [6.07, 6.45) is 2.70. The fraction of sp³-hybridized carbons (Fsp3) is 0.190. The van der Waals surface area contributed by atoms with Gasteiger partial charge in [-0.2, -0.15) is 0 Å². The van der Waals surface area contributed by atoms with Gasteiger partial charge in [0.15, 0.2) is 9.84 Å². The molecule has 0 bridgehead atoms. The predicted molar refractivity (Wildman–Crippen MR) is 103 cm³/mol. The molecular weight excluding hydrogens is 362 g/mol. The van der Waals surface area contributed by atoms with Crippen LogP contribution in [0.3, 0.4) is 0 Å². The van der Waals surface area contributed by atoms with Crippen LogP contribution in [0.1, 0.15) is 27.2 Å². The van der Waals surface area contributed by atoms with Gasteiger partial charge in [0, 0.05) is 18.4 Å². The third-order valence-corrected chi connectivity index (χ3v) is 5.41. The van der Waals surface area contributed by atoms with Gasteiger partial charge in [0.2, 0.25) is 0 Å². The first-order chi connectivity index (χ1) is 12.8. The third-order valence-electron chi connectivity index (χ3n) is 4.30. The van der Waals surface area contributed by atoms with Crippen LogP contribution in [0.5, 0.6) is 0 Å². The van der Waals surface area contributed by atoms with Crippen LogP contribution in [0.2, 0.25) is 0 Å². The molecular formula is C21H21NO4S. The van der Waals surface area contributed by atoms with Crippen LogP contribution in [-0.4, -0.2) is 25.5 Å². The van der Waals surface area contributed by atoms with Crippen LogP contribution >= 0.6 is 0 Å². The summed E-state index contributed by atoms with van der Waals surface area (Å²) in [5.74, 6) is 0.425. The largest absolute Gasteiger partial charge is 0.467 e. The van der Waals surface area contributed by atoms with Crippen molar-refractivity contribution in [1.29, 1.82) is 0 Å². The number of benzene rings is 2. The zero-order valence-electron chi connectivity index (χ0n) is 15.3. The van der Waals surface area contributed by atoms with Crippen LogP contribution in [0, 0.1) is 6.92 Å². The highest BCUT2D eigenvalue weighted by molar-refractivity contribution is 7.90. The van der Waals surface area contributed by atoms with Gasteiger partial charge in [-0.3, -0.25) is 4.79 Å². The third kappa shape index (κ3) is 4.65. The van der Waals surface area contributed by atoms with Crippen LogP contribution in [0.15, 0.2) is 76.2 Å². The average Bonchev–Trinajstić information content (AvgIpc) is 3.14. The van der Waals surface area contributed by atoms with Gasteiger partial charge in [-0.1, -0.05) is 36.4 Å². The van der Waals surface area contributed by atoms with E-state index in [1.165, 1.54) is 12.1 Å². The van der Waals surface area contributed by atoms with E-state index >= 15 is 0 Å². The minimum Gasteiger partial charge on any atom is -0.467 e. The first kappa shape index (κ1) is 18.9. The lowest BCUT2D eigenvalue weighted by atomic mass is 10.1. The van der Waals surface area contributed by atoms with Crippen molar-refractivity contribution < 1.29 is 17.6 Å². The molecule has 0 N–H and O–H groups in total. The first-order valence-corrected chi connectivity index (χ1v) is 10.4. The average molecular weight is 383 g/mol.